The van der Waals surface area contributed by atoms with E-state index in [1.54, 1.807) is 0 Å². The Kier molecular flexibility index (Phi) is 3.98. The fourth-order valence-electron chi connectivity index (χ4n) is 5.73. The molecule has 2 fully saturated rings. The summed E-state index contributed by atoms with van der Waals surface area (Å²) in [6.07, 6.45) is 7.92. The van der Waals surface area contributed by atoms with E-state index in [1.165, 1.54) is 0 Å². The van der Waals surface area contributed by atoms with Crippen molar-refractivity contribution >= 4 is 22.6 Å². The van der Waals surface area contributed by atoms with Crippen molar-refractivity contribution in [1.29, 1.82) is 0 Å². The average molecular weight is 447 g/mol. The maximum Gasteiger partial charge on any atom is 0.231 e. The zero-order chi connectivity index (χ0) is 22.2. The fourth-order valence-corrected chi connectivity index (χ4v) is 5.73. The lowest BCUT2D eigenvalue weighted by Gasteiger charge is -2.41. The van der Waals surface area contributed by atoms with Gasteiger partial charge < -0.3 is 29.8 Å². The highest BCUT2D eigenvalue weighted by Crippen LogP contribution is 2.45. The molecule has 2 atom stereocenters. The van der Waals surface area contributed by atoms with Crippen molar-refractivity contribution in [2.75, 3.05) is 31.4 Å². The molecule has 3 aliphatic rings. The molecule has 2 saturated heterocycles. The number of imidazole rings is 1. The Morgan fingerprint density at radius 3 is 2.88 bits per heavy atom. The van der Waals surface area contributed by atoms with Crippen LogP contribution in [0.4, 0.5) is 5.95 Å². The Morgan fingerprint density at radius 1 is 1.18 bits per heavy atom. The number of nitrogens with one attached hydrogen (secondary N) is 1. The Labute approximate surface area is 190 Å². The van der Waals surface area contributed by atoms with Gasteiger partial charge in [-0.1, -0.05) is 12.1 Å². The monoisotopic (exact) mass is 446 g/mol. The molecule has 3 N–H and O–H groups in total. The maximum atomic E-state index is 6.52. The summed E-state index contributed by atoms with van der Waals surface area (Å²) in [4.78, 5) is 15.5. The van der Waals surface area contributed by atoms with Gasteiger partial charge in [0.25, 0.3) is 0 Å². The molecule has 1 aromatic carbocycles. The van der Waals surface area contributed by atoms with Gasteiger partial charge in [0.15, 0.2) is 17.1 Å². The van der Waals surface area contributed by atoms with Gasteiger partial charge in [-0.05, 0) is 25.8 Å². The molecular formula is C24H26N6O3. The number of fused-ring (bicyclic) bond motifs is 4. The normalized spacial score (nSPS) is 23.9. The number of nitrogens with two attached hydrogens (primary N) is 1. The van der Waals surface area contributed by atoms with Crippen molar-refractivity contribution in [1.82, 2.24) is 19.4 Å². The molecule has 7 rings (SSSR count). The van der Waals surface area contributed by atoms with Crippen molar-refractivity contribution in [3.63, 3.8) is 0 Å². The van der Waals surface area contributed by atoms with Crippen LogP contribution < -0.4 is 20.1 Å². The topological polar surface area (TPSA) is 103 Å². The third-order valence-electron chi connectivity index (χ3n) is 7.73. The standard InChI is InChI=1S/C24H26N6O3/c1-14-20(25)24(12-31-14)5-8-29(9-6-24)23-28-21-18(22-26-7-10-30(22)23)16(11-27-21)15-3-2-4-17-19(15)33-13-32-17/h2-4,7,10-11,14,20,27H,5-6,8-9,12-13,25H2,1H3/t14-,20+/m0/s1. The number of H-pyrrole nitrogens is 1. The Balaban J connectivity index is 1.30. The largest absolute Gasteiger partial charge is 0.454 e. The van der Waals surface area contributed by atoms with Crippen LogP contribution in [0.15, 0.2) is 36.8 Å². The van der Waals surface area contributed by atoms with Gasteiger partial charge in [-0.2, -0.15) is 4.98 Å². The van der Waals surface area contributed by atoms with E-state index in [9.17, 15) is 0 Å². The molecule has 9 nitrogen and oxygen atoms in total. The van der Waals surface area contributed by atoms with Crippen LogP contribution in [0.2, 0.25) is 0 Å². The first-order valence-electron chi connectivity index (χ1n) is 11.5. The lowest BCUT2D eigenvalue weighted by atomic mass is 9.73. The van der Waals surface area contributed by atoms with E-state index in [0.29, 0.717) is 0 Å². The van der Waals surface area contributed by atoms with Gasteiger partial charge in [0.05, 0.1) is 18.1 Å². The first-order valence-corrected chi connectivity index (χ1v) is 11.5. The molecule has 3 aliphatic heterocycles. The quantitative estimate of drug-likeness (QED) is 0.488. The van der Waals surface area contributed by atoms with Crippen LogP contribution >= 0.6 is 0 Å². The summed E-state index contributed by atoms with van der Waals surface area (Å²) in [6.45, 7) is 4.85. The van der Waals surface area contributed by atoms with E-state index in [4.69, 9.17) is 29.9 Å². The Bertz CT molecular complexity index is 1370. The summed E-state index contributed by atoms with van der Waals surface area (Å²) in [7, 11) is 0. The highest BCUT2D eigenvalue weighted by molar-refractivity contribution is 6.04. The smallest absolute Gasteiger partial charge is 0.231 e. The van der Waals surface area contributed by atoms with Crippen LogP contribution in [-0.2, 0) is 4.74 Å². The van der Waals surface area contributed by atoms with Crippen LogP contribution in [0.5, 0.6) is 11.5 Å². The first-order chi connectivity index (χ1) is 16.1. The molecule has 1 spiro atoms. The summed E-state index contributed by atoms with van der Waals surface area (Å²) < 4.78 is 19.3. The van der Waals surface area contributed by atoms with Crippen molar-refractivity contribution in [3.8, 4) is 22.6 Å². The Hall–Kier alpha value is -3.30. The molecule has 9 heteroatoms. The molecule has 0 amide bonds. The lowest BCUT2D eigenvalue weighted by Crippen LogP contribution is -2.51. The van der Waals surface area contributed by atoms with Gasteiger partial charge in [-0.15, -0.1) is 0 Å². The summed E-state index contributed by atoms with van der Waals surface area (Å²) in [5.41, 5.74) is 10.2. The lowest BCUT2D eigenvalue weighted by molar-refractivity contribution is 0.0973. The molecule has 0 saturated carbocycles. The zero-order valence-corrected chi connectivity index (χ0v) is 18.5. The number of aromatic amines is 1. The molecule has 0 bridgehead atoms. The number of aromatic nitrogens is 4. The highest BCUT2D eigenvalue weighted by atomic mass is 16.7. The molecule has 0 aliphatic carbocycles. The molecule has 33 heavy (non-hydrogen) atoms. The predicted molar refractivity (Wildman–Crippen MR) is 124 cm³/mol. The van der Waals surface area contributed by atoms with Gasteiger partial charge in [-0.3, -0.25) is 4.40 Å². The van der Waals surface area contributed by atoms with Crippen molar-refractivity contribution in [2.45, 2.75) is 31.9 Å². The van der Waals surface area contributed by atoms with Crippen LogP contribution in [0.25, 0.3) is 27.8 Å². The number of hydrogen-bond acceptors (Lipinski definition) is 7. The second-order valence-electron chi connectivity index (χ2n) is 9.39. The van der Waals surface area contributed by atoms with Crippen molar-refractivity contribution in [2.24, 2.45) is 11.1 Å². The maximum absolute atomic E-state index is 6.52. The second-order valence-corrected chi connectivity index (χ2v) is 9.39. The molecule has 3 aromatic heterocycles. The van der Waals surface area contributed by atoms with Crippen LogP contribution in [-0.4, -0.2) is 58.0 Å². The number of anilines is 1. The minimum atomic E-state index is 0.0728. The highest BCUT2D eigenvalue weighted by Gasteiger charge is 2.47. The molecule has 170 valence electrons. The van der Waals surface area contributed by atoms with E-state index in [1.807, 2.05) is 36.8 Å². The molecule has 4 aromatic rings. The van der Waals surface area contributed by atoms with Gasteiger partial charge in [0.2, 0.25) is 12.7 Å². The predicted octanol–water partition coefficient (Wildman–Crippen LogP) is 2.94. The van der Waals surface area contributed by atoms with E-state index < -0.39 is 0 Å². The molecular weight excluding hydrogens is 420 g/mol. The number of hydrogen-bond donors (Lipinski definition) is 2. The van der Waals surface area contributed by atoms with Crippen LogP contribution in [0.3, 0.4) is 0 Å². The minimum Gasteiger partial charge on any atom is -0.454 e. The number of benzene rings is 1. The van der Waals surface area contributed by atoms with Crippen molar-refractivity contribution in [3.05, 3.63) is 36.8 Å². The number of rotatable bonds is 2. The minimum absolute atomic E-state index is 0.0728. The first kappa shape index (κ1) is 19.2. The summed E-state index contributed by atoms with van der Waals surface area (Å²) >= 11 is 0. The molecule has 0 unspecified atom stereocenters. The number of para-hydroxylation sites is 1. The van der Waals surface area contributed by atoms with Gasteiger partial charge in [0.1, 0.15) is 5.65 Å². The zero-order valence-electron chi connectivity index (χ0n) is 18.5. The Morgan fingerprint density at radius 2 is 2.06 bits per heavy atom. The summed E-state index contributed by atoms with van der Waals surface area (Å²) in [6, 6.07) is 6.04. The van der Waals surface area contributed by atoms with Gasteiger partial charge >= 0.3 is 0 Å². The number of nitrogens with zero attached hydrogens (tertiary/aromatic N) is 4. The number of ether oxygens (including phenoxy) is 3. The molecule has 0 radical (unpaired) electrons. The summed E-state index contributed by atoms with van der Waals surface area (Å²) in [5.74, 6) is 2.42. The van der Waals surface area contributed by atoms with Gasteiger partial charge in [0, 0.05) is 54.3 Å². The van der Waals surface area contributed by atoms with Gasteiger partial charge in [-0.25, -0.2) is 4.98 Å². The fraction of sp³-hybridized carbons (Fsp3) is 0.417. The van der Waals surface area contributed by atoms with E-state index in [0.717, 1.165) is 77.8 Å². The van der Waals surface area contributed by atoms with E-state index in [-0.39, 0.29) is 24.4 Å². The van der Waals surface area contributed by atoms with Crippen LogP contribution in [0.1, 0.15) is 19.8 Å². The third-order valence-corrected chi connectivity index (χ3v) is 7.73. The average Bonchev–Trinajstić information content (AvgIpc) is 3.63. The molecule has 6 heterocycles. The second kappa shape index (κ2) is 6.85. The number of piperidine rings is 1. The van der Waals surface area contributed by atoms with Crippen LogP contribution in [0, 0.1) is 5.41 Å². The van der Waals surface area contributed by atoms with E-state index >= 15 is 0 Å². The van der Waals surface area contributed by atoms with Crippen molar-refractivity contribution < 1.29 is 14.2 Å². The summed E-state index contributed by atoms with van der Waals surface area (Å²) in [5, 5.41) is 0.973. The van der Waals surface area contributed by atoms with E-state index in [2.05, 4.69) is 21.2 Å². The third kappa shape index (κ3) is 2.66. The SMILES string of the molecule is C[C@@H]1OCC2(CCN(c3nc4[nH]cc(-c5cccc6c5OCO6)c4c4nccn34)CC2)[C@@H]1N.